The largest absolute Gasteiger partial charge is 0.465 e. The first-order valence-electron chi connectivity index (χ1n) is 6.15. The molecular formula is C13H17N3O2S. The fourth-order valence-corrected chi connectivity index (χ4v) is 2.63. The smallest absolute Gasteiger partial charge is 0.316 e. The second-order valence-corrected chi connectivity index (χ2v) is 4.88. The molecule has 19 heavy (non-hydrogen) atoms. The summed E-state index contributed by atoms with van der Waals surface area (Å²) in [6.45, 7) is 2.92. The predicted octanol–water partition coefficient (Wildman–Crippen LogP) is 1.71. The number of rotatable bonds is 6. The number of ether oxygens (including phenoxy) is 1. The molecule has 102 valence electrons. The second-order valence-electron chi connectivity index (χ2n) is 3.92. The average molecular weight is 279 g/mol. The van der Waals surface area contributed by atoms with E-state index in [0.29, 0.717) is 13.2 Å². The van der Waals surface area contributed by atoms with Gasteiger partial charge in [-0.05, 0) is 26.1 Å². The molecule has 6 heteroatoms. The maximum Gasteiger partial charge on any atom is 0.316 e. The van der Waals surface area contributed by atoms with E-state index in [1.807, 2.05) is 35.8 Å². The molecule has 1 N–H and O–H groups in total. The summed E-state index contributed by atoms with van der Waals surface area (Å²) >= 11 is 1.41. The number of carbonyl (C=O) groups excluding carboxylic acids is 1. The molecule has 2 aromatic rings. The number of fused-ring (bicyclic) bond motifs is 1. The summed E-state index contributed by atoms with van der Waals surface area (Å²) in [6, 6.07) is 5.87. The molecule has 0 spiro atoms. The minimum atomic E-state index is -0.208. The van der Waals surface area contributed by atoms with Gasteiger partial charge in [-0.1, -0.05) is 17.8 Å². The number of aromatic nitrogens is 2. The van der Waals surface area contributed by atoms with E-state index in [-0.39, 0.29) is 11.7 Å². The summed E-state index contributed by atoms with van der Waals surface area (Å²) < 4.78 is 6.96. The number of hydrogen-bond donors (Lipinski definition) is 1. The SMILES string of the molecule is CCOC(=O)CSc1nc2ccccn2c1CNC. The van der Waals surface area contributed by atoms with Crippen molar-refractivity contribution in [3.63, 3.8) is 0 Å². The zero-order valence-electron chi connectivity index (χ0n) is 11.0. The Morgan fingerprint density at radius 3 is 3.11 bits per heavy atom. The van der Waals surface area contributed by atoms with E-state index in [4.69, 9.17) is 4.74 Å². The number of hydrogen-bond acceptors (Lipinski definition) is 5. The molecule has 0 aliphatic rings. The van der Waals surface area contributed by atoms with Crippen molar-refractivity contribution in [1.29, 1.82) is 0 Å². The molecule has 0 saturated heterocycles. The number of nitrogens with one attached hydrogen (secondary N) is 1. The Morgan fingerprint density at radius 2 is 2.37 bits per heavy atom. The predicted molar refractivity (Wildman–Crippen MR) is 75.3 cm³/mol. The Kier molecular flexibility index (Phi) is 4.81. The van der Waals surface area contributed by atoms with Crippen LogP contribution in [-0.4, -0.2) is 34.8 Å². The number of imidazole rings is 1. The van der Waals surface area contributed by atoms with Crippen LogP contribution in [0.3, 0.4) is 0 Å². The van der Waals surface area contributed by atoms with Crippen molar-refractivity contribution in [3.8, 4) is 0 Å². The summed E-state index contributed by atoms with van der Waals surface area (Å²) in [5.74, 6) is 0.0778. The Balaban J connectivity index is 2.21. The van der Waals surface area contributed by atoms with Crippen LogP contribution in [-0.2, 0) is 16.1 Å². The van der Waals surface area contributed by atoms with E-state index >= 15 is 0 Å². The zero-order chi connectivity index (χ0) is 13.7. The highest BCUT2D eigenvalue weighted by Crippen LogP contribution is 2.23. The normalized spacial score (nSPS) is 10.8. The van der Waals surface area contributed by atoms with Gasteiger partial charge in [-0.15, -0.1) is 0 Å². The van der Waals surface area contributed by atoms with Crippen LogP contribution in [0, 0.1) is 0 Å². The van der Waals surface area contributed by atoms with Crippen molar-refractivity contribution in [2.24, 2.45) is 0 Å². The van der Waals surface area contributed by atoms with Crippen molar-refractivity contribution < 1.29 is 9.53 Å². The van der Waals surface area contributed by atoms with Crippen molar-refractivity contribution in [1.82, 2.24) is 14.7 Å². The molecule has 2 aromatic heterocycles. The number of esters is 1. The molecule has 0 unspecified atom stereocenters. The van der Waals surface area contributed by atoms with Crippen molar-refractivity contribution in [3.05, 3.63) is 30.1 Å². The van der Waals surface area contributed by atoms with Crippen LogP contribution < -0.4 is 5.32 Å². The average Bonchev–Trinajstić information content (AvgIpc) is 2.76. The quantitative estimate of drug-likeness (QED) is 0.644. The van der Waals surface area contributed by atoms with Gasteiger partial charge < -0.3 is 14.5 Å². The minimum absolute atomic E-state index is 0.208. The molecule has 0 radical (unpaired) electrons. The number of thioether (sulfide) groups is 1. The zero-order valence-corrected chi connectivity index (χ0v) is 11.9. The van der Waals surface area contributed by atoms with Gasteiger partial charge in [0.05, 0.1) is 18.1 Å². The van der Waals surface area contributed by atoms with Gasteiger partial charge in [-0.25, -0.2) is 4.98 Å². The van der Waals surface area contributed by atoms with Crippen LogP contribution in [0.2, 0.25) is 0 Å². The lowest BCUT2D eigenvalue weighted by Crippen LogP contribution is -2.10. The first kappa shape index (κ1) is 13.9. The fraction of sp³-hybridized carbons (Fsp3) is 0.385. The second kappa shape index (κ2) is 6.58. The van der Waals surface area contributed by atoms with Crippen LogP contribution in [0.5, 0.6) is 0 Å². The Labute approximate surface area is 116 Å². The molecule has 0 amide bonds. The van der Waals surface area contributed by atoms with Crippen LogP contribution in [0.15, 0.2) is 29.4 Å². The van der Waals surface area contributed by atoms with Gasteiger partial charge in [-0.3, -0.25) is 4.79 Å². The van der Waals surface area contributed by atoms with Gasteiger partial charge in [0.1, 0.15) is 10.7 Å². The Morgan fingerprint density at radius 1 is 1.53 bits per heavy atom. The van der Waals surface area contributed by atoms with Gasteiger partial charge in [0.15, 0.2) is 0 Å². The summed E-state index contributed by atoms with van der Waals surface area (Å²) in [5, 5.41) is 3.99. The summed E-state index contributed by atoms with van der Waals surface area (Å²) in [7, 11) is 1.89. The maximum atomic E-state index is 11.4. The molecule has 0 bridgehead atoms. The van der Waals surface area contributed by atoms with Crippen molar-refractivity contribution in [2.75, 3.05) is 19.4 Å². The van der Waals surface area contributed by atoms with Gasteiger partial charge in [0, 0.05) is 12.7 Å². The van der Waals surface area contributed by atoms with Gasteiger partial charge in [0.2, 0.25) is 0 Å². The molecule has 2 rings (SSSR count). The Hall–Kier alpha value is -1.53. The van der Waals surface area contributed by atoms with E-state index in [9.17, 15) is 4.79 Å². The van der Waals surface area contributed by atoms with E-state index in [0.717, 1.165) is 16.4 Å². The third-order valence-electron chi connectivity index (χ3n) is 2.57. The van der Waals surface area contributed by atoms with Gasteiger partial charge in [0.25, 0.3) is 0 Å². The monoisotopic (exact) mass is 279 g/mol. The minimum Gasteiger partial charge on any atom is -0.465 e. The highest BCUT2D eigenvalue weighted by Gasteiger charge is 2.13. The molecule has 5 nitrogen and oxygen atoms in total. The third-order valence-corrected chi connectivity index (χ3v) is 3.55. The molecule has 0 fully saturated rings. The first-order chi connectivity index (χ1) is 9.26. The van der Waals surface area contributed by atoms with E-state index in [2.05, 4.69) is 10.3 Å². The number of nitrogens with zero attached hydrogens (tertiary/aromatic N) is 2. The van der Waals surface area contributed by atoms with Crippen LogP contribution in [0.1, 0.15) is 12.6 Å². The highest BCUT2D eigenvalue weighted by molar-refractivity contribution is 7.99. The fourth-order valence-electron chi connectivity index (χ4n) is 1.80. The summed E-state index contributed by atoms with van der Waals surface area (Å²) in [6.07, 6.45) is 1.98. The van der Waals surface area contributed by atoms with Crippen LogP contribution >= 0.6 is 11.8 Å². The topological polar surface area (TPSA) is 55.6 Å². The van der Waals surface area contributed by atoms with Gasteiger partial charge >= 0.3 is 5.97 Å². The Bertz CT molecular complexity index is 568. The highest BCUT2D eigenvalue weighted by atomic mass is 32.2. The van der Waals surface area contributed by atoms with E-state index in [1.165, 1.54) is 11.8 Å². The molecule has 0 atom stereocenters. The molecule has 0 aliphatic carbocycles. The van der Waals surface area contributed by atoms with Crippen molar-refractivity contribution >= 4 is 23.4 Å². The molecule has 0 aromatic carbocycles. The third kappa shape index (κ3) is 3.27. The van der Waals surface area contributed by atoms with Crippen molar-refractivity contribution in [2.45, 2.75) is 18.5 Å². The number of pyridine rings is 1. The lowest BCUT2D eigenvalue weighted by molar-refractivity contribution is -0.139. The summed E-state index contributed by atoms with van der Waals surface area (Å²) in [4.78, 5) is 15.9. The van der Waals surface area contributed by atoms with Gasteiger partial charge in [-0.2, -0.15) is 0 Å². The first-order valence-corrected chi connectivity index (χ1v) is 7.13. The molecule has 0 saturated carbocycles. The molecular weight excluding hydrogens is 262 g/mol. The molecule has 2 heterocycles. The standard InChI is InChI=1S/C13H17N3O2S/c1-3-18-12(17)9-19-13-10(8-14-2)16-7-5-4-6-11(16)15-13/h4-7,14H,3,8-9H2,1-2H3. The van der Waals surface area contributed by atoms with Crippen LogP contribution in [0.25, 0.3) is 5.65 Å². The lowest BCUT2D eigenvalue weighted by Gasteiger charge is -2.04. The lowest BCUT2D eigenvalue weighted by atomic mass is 10.4. The summed E-state index contributed by atoms with van der Waals surface area (Å²) in [5.41, 5.74) is 1.95. The maximum absolute atomic E-state index is 11.4. The van der Waals surface area contributed by atoms with Crippen LogP contribution in [0.4, 0.5) is 0 Å². The van der Waals surface area contributed by atoms with E-state index < -0.39 is 0 Å². The number of carbonyl (C=O) groups is 1. The molecule has 0 aliphatic heterocycles. The van der Waals surface area contributed by atoms with E-state index in [1.54, 1.807) is 6.92 Å².